The van der Waals surface area contributed by atoms with Crippen molar-refractivity contribution in [2.45, 2.75) is 36.4 Å². The smallest absolute Gasteiger partial charge is 0.175 e. The van der Waals surface area contributed by atoms with Crippen LogP contribution in [0.25, 0.3) is 22.5 Å². The minimum absolute atomic E-state index is 0.305. The molecule has 10 nitrogen and oxygen atoms in total. The van der Waals surface area contributed by atoms with Crippen LogP contribution in [0, 0.1) is 6.92 Å². The molecule has 0 amide bonds. The Morgan fingerprint density at radius 2 is 1.94 bits per heavy atom. The van der Waals surface area contributed by atoms with E-state index in [1.165, 1.54) is 18.1 Å². The van der Waals surface area contributed by atoms with Gasteiger partial charge in [0, 0.05) is 36.5 Å². The van der Waals surface area contributed by atoms with Gasteiger partial charge in [-0.2, -0.15) is 0 Å². The third-order valence-electron chi connectivity index (χ3n) is 6.34. The summed E-state index contributed by atoms with van der Waals surface area (Å²) in [5.74, 6) is 3.60. The molecule has 0 unspecified atom stereocenters. The minimum Gasteiger partial charge on any atom is -0.486 e. The number of Topliss-reactive ketones (excluding diaryl/α,β-unsaturated/α-hetero) is 1. The van der Waals surface area contributed by atoms with E-state index in [1.807, 2.05) is 31.2 Å². The fourth-order valence-electron chi connectivity index (χ4n) is 4.57. The minimum atomic E-state index is 0.305. The third-order valence-corrected chi connectivity index (χ3v) is 7.39. The van der Waals surface area contributed by atoms with Crippen molar-refractivity contribution in [1.29, 1.82) is 0 Å². The number of nitrogens with two attached hydrogens (primary N) is 1. The zero-order valence-corrected chi connectivity index (χ0v) is 20.7. The summed E-state index contributed by atoms with van der Waals surface area (Å²) >= 11 is 1.50. The molecule has 3 aromatic heterocycles. The average Bonchev–Trinajstić information content (AvgIpc) is 3.58. The molecule has 186 valence electrons. The second kappa shape index (κ2) is 9.47. The number of imidazole rings is 1. The predicted octanol–water partition coefficient (Wildman–Crippen LogP) is 3.56. The molecule has 2 aliphatic heterocycles. The summed E-state index contributed by atoms with van der Waals surface area (Å²) < 4.78 is 19.7. The summed E-state index contributed by atoms with van der Waals surface area (Å²) in [6.07, 6.45) is 2.95. The number of benzene rings is 1. The van der Waals surface area contributed by atoms with Crippen molar-refractivity contribution in [2.24, 2.45) is 0 Å². The number of carbonyl (C=O) groups is 1. The Morgan fingerprint density at radius 1 is 1.11 bits per heavy atom. The van der Waals surface area contributed by atoms with Crippen molar-refractivity contribution >= 4 is 34.5 Å². The van der Waals surface area contributed by atoms with Crippen molar-refractivity contribution in [3.63, 3.8) is 0 Å². The van der Waals surface area contributed by atoms with E-state index in [2.05, 4.69) is 19.4 Å². The SMILES string of the molecule is Cc1ccc(-c2cc3c(cc2Sc2nc4c(N)ncnc4n2CCCN2CCC(=O)C2)OCCO3)o1. The fourth-order valence-corrected chi connectivity index (χ4v) is 5.63. The van der Waals surface area contributed by atoms with Gasteiger partial charge in [-0.1, -0.05) is 11.8 Å². The summed E-state index contributed by atoms with van der Waals surface area (Å²) in [5.41, 5.74) is 8.31. The van der Waals surface area contributed by atoms with Crippen LogP contribution < -0.4 is 15.2 Å². The van der Waals surface area contributed by atoms with Crippen LogP contribution in [0.5, 0.6) is 11.5 Å². The highest BCUT2D eigenvalue weighted by Crippen LogP contribution is 2.44. The third kappa shape index (κ3) is 4.40. The maximum atomic E-state index is 11.6. The highest BCUT2D eigenvalue weighted by molar-refractivity contribution is 7.99. The number of nitrogens with zero attached hydrogens (tertiary/aromatic N) is 5. The molecular weight excluding hydrogens is 480 g/mol. The topological polar surface area (TPSA) is 122 Å². The normalized spacial score (nSPS) is 15.8. The molecule has 5 heterocycles. The quantitative estimate of drug-likeness (QED) is 0.398. The molecule has 1 fully saturated rings. The number of likely N-dealkylation sites (tertiary alicyclic amines) is 1. The second-order valence-corrected chi connectivity index (χ2v) is 9.91. The molecule has 0 radical (unpaired) electrons. The average molecular weight is 507 g/mol. The molecule has 2 N–H and O–H groups in total. The van der Waals surface area contributed by atoms with E-state index in [0.717, 1.165) is 46.6 Å². The maximum Gasteiger partial charge on any atom is 0.175 e. The van der Waals surface area contributed by atoms with Gasteiger partial charge in [0.05, 0.1) is 6.54 Å². The first-order chi connectivity index (χ1) is 17.5. The number of aryl methyl sites for hydroxylation is 2. The molecular formula is C25H26N6O4S. The first kappa shape index (κ1) is 22.9. The number of aromatic nitrogens is 4. The van der Waals surface area contributed by atoms with Crippen molar-refractivity contribution in [1.82, 2.24) is 24.4 Å². The Morgan fingerprint density at radius 3 is 2.69 bits per heavy atom. The maximum absolute atomic E-state index is 11.6. The lowest BCUT2D eigenvalue weighted by Gasteiger charge is -2.20. The number of ketones is 1. The number of nitrogen functional groups attached to an aromatic ring is 1. The van der Waals surface area contributed by atoms with Crippen LogP contribution in [0.4, 0.5) is 5.82 Å². The molecule has 0 spiro atoms. The van der Waals surface area contributed by atoms with Crippen LogP contribution in [0.1, 0.15) is 18.6 Å². The monoisotopic (exact) mass is 506 g/mol. The summed E-state index contributed by atoms with van der Waals surface area (Å²) in [4.78, 5) is 28.2. The van der Waals surface area contributed by atoms with Crippen LogP contribution in [0.3, 0.4) is 0 Å². The van der Waals surface area contributed by atoms with Crippen molar-refractivity contribution in [3.05, 3.63) is 36.4 Å². The van der Waals surface area contributed by atoms with E-state index in [-0.39, 0.29) is 0 Å². The number of hydrogen-bond donors (Lipinski definition) is 1. The highest BCUT2D eigenvalue weighted by Gasteiger charge is 2.23. The Balaban J connectivity index is 1.37. The van der Waals surface area contributed by atoms with E-state index < -0.39 is 0 Å². The summed E-state index contributed by atoms with van der Waals surface area (Å²) in [6.45, 7) is 5.79. The van der Waals surface area contributed by atoms with Gasteiger partial charge in [0.2, 0.25) is 0 Å². The van der Waals surface area contributed by atoms with E-state index in [1.54, 1.807) is 0 Å². The lowest BCUT2D eigenvalue weighted by atomic mass is 10.1. The van der Waals surface area contributed by atoms with Gasteiger partial charge in [-0.25, -0.2) is 15.0 Å². The Labute approximate surface area is 211 Å². The van der Waals surface area contributed by atoms with E-state index in [0.29, 0.717) is 67.0 Å². The Hall–Kier alpha value is -3.57. The molecule has 4 aromatic rings. The summed E-state index contributed by atoms with van der Waals surface area (Å²) in [5, 5.41) is 0.746. The van der Waals surface area contributed by atoms with Crippen LogP contribution in [-0.2, 0) is 11.3 Å². The molecule has 6 rings (SSSR count). The van der Waals surface area contributed by atoms with Gasteiger partial charge >= 0.3 is 0 Å². The number of hydrogen-bond acceptors (Lipinski definition) is 10. The van der Waals surface area contributed by atoms with Crippen LogP contribution in [-0.4, -0.2) is 63.1 Å². The Bertz CT molecular complexity index is 1450. The van der Waals surface area contributed by atoms with E-state index in [9.17, 15) is 4.79 Å². The van der Waals surface area contributed by atoms with Crippen molar-refractivity contribution in [2.75, 3.05) is 38.6 Å². The standard InChI is InChI=1S/C25H26N6O4S/c1-15-3-4-18(35-15)17-11-19-20(34-10-9-33-19)12-21(17)36-25-29-22-23(26)27-14-28-24(22)31(25)7-2-6-30-8-5-16(32)13-30/h3-4,11-12,14H,2,5-10,13H2,1H3,(H2,26,27,28). The lowest BCUT2D eigenvalue weighted by Crippen LogP contribution is -2.23. The number of ether oxygens (including phenoxy) is 2. The molecule has 0 aliphatic carbocycles. The first-order valence-electron chi connectivity index (χ1n) is 11.9. The van der Waals surface area contributed by atoms with Gasteiger partial charge in [0.25, 0.3) is 0 Å². The number of furan rings is 1. The highest BCUT2D eigenvalue weighted by atomic mass is 32.2. The van der Waals surface area contributed by atoms with Gasteiger partial charge in [0.15, 0.2) is 33.6 Å². The molecule has 36 heavy (non-hydrogen) atoms. The van der Waals surface area contributed by atoms with Crippen molar-refractivity contribution in [3.8, 4) is 22.8 Å². The van der Waals surface area contributed by atoms with E-state index >= 15 is 0 Å². The second-order valence-electron chi connectivity index (χ2n) is 8.90. The predicted molar refractivity (Wildman–Crippen MR) is 134 cm³/mol. The van der Waals surface area contributed by atoms with E-state index in [4.69, 9.17) is 24.6 Å². The van der Waals surface area contributed by atoms with Gasteiger partial charge in [-0.3, -0.25) is 9.69 Å². The van der Waals surface area contributed by atoms with Gasteiger partial charge in [-0.15, -0.1) is 0 Å². The zero-order valence-electron chi connectivity index (χ0n) is 19.9. The number of rotatable bonds is 7. The molecule has 0 bridgehead atoms. The largest absolute Gasteiger partial charge is 0.486 e. The number of fused-ring (bicyclic) bond motifs is 2. The summed E-state index contributed by atoms with van der Waals surface area (Å²) in [6, 6.07) is 7.82. The summed E-state index contributed by atoms with van der Waals surface area (Å²) in [7, 11) is 0. The number of anilines is 1. The van der Waals surface area contributed by atoms with Crippen molar-refractivity contribution < 1.29 is 18.7 Å². The van der Waals surface area contributed by atoms with Crippen LogP contribution in [0.15, 0.2) is 45.1 Å². The number of carbonyl (C=O) groups excluding carboxylic acids is 1. The van der Waals surface area contributed by atoms with Crippen LogP contribution >= 0.6 is 11.8 Å². The van der Waals surface area contributed by atoms with Gasteiger partial charge in [0.1, 0.15) is 36.8 Å². The van der Waals surface area contributed by atoms with Gasteiger partial charge in [-0.05, 0) is 37.6 Å². The molecule has 0 atom stereocenters. The first-order valence-corrected chi connectivity index (χ1v) is 12.8. The Kier molecular flexibility index (Phi) is 6.02. The molecule has 1 saturated heterocycles. The van der Waals surface area contributed by atoms with Gasteiger partial charge < -0.3 is 24.2 Å². The molecule has 2 aliphatic rings. The molecule has 11 heteroatoms. The van der Waals surface area contributed by atoms with Crippen LogP contribution in [0.2, 0.25) is 0 Å². The molecule has 1 aromatic carbocycles. The molecule has 0 saturated carbocycles. The zero-order chi connectivity index (χ0) is 24.6. The lowest BCUT2D eigenvalue weighted by molar-refractivity contribution is -0.116. The fraction of sp³-hybridized carbons (Fsp3) is 0.360.